The SMILES string of the molecule is COC(=O)CC1CCCCN1C(=O)c1cnoc1C. The predicted molar refractivity (Wildman–Crippen MR) is 66.5 cm³/mol. The third kappa shape index (κ3) is 2.94. The zero-order chi connectivity index (χ0) is 13.8. The summed E-state index contributed by atoms with van der Waals surface area (Å²) in [5, 5.41) is 3.63. The van der Waals surface area contributed by atoms with Crippen LogP contribution in [-0.2, 0) is 9.53 Å². The average Bonchev–Trinajstić information content (AvgIpc) is 2.84. The third-order valence-corrected chi connectivity index (χ3v) is 3.50. The first kappa shape index (κ1) is 13.6. The molecule has 0 aromatic carbocycles. The number of hydrogen-bond acceptors (Lipinski definition) is 5. The van der Waals surface area contributed by atoms with Crippen LogP contribution in [0.25, 0.3) is 0 Å². The Balaban J connectivity index is 2.13. The molecule has 1 unspecified atom stereocenters. The summed E-state index contributed by atoms with van der Waals surface area (Å²) < 4.78 is 9.61. The van der Waals surface area contributed by atoms with Gasteiger partial charge in [0, 0.05) is 12.6 Å². The number of aryl methyl sites for hydroxylation is 1. The number of carbonyl (C=O) groups is 2. The average molecular weight is 266 g/mol. The molecular formula is C13H18N2O4. The van der Waals surface area contributed by atoms with Crippen LogP contribution >= 0.6 is 0 Å². The summed E-state index contributed by atoms with van der Waals surface area (Å²) in [5.74, 6) is 0.103. The van der Waals surface area contributed by atoms with Gasteiger partial charge in [0.25, 0.3) is 5.91 Å². The highest BCUT2D eigenvalue weighted by atomic mass is 16.5. The second kappa shape index (κ2) is 5.86. The normalized spacial score (nSPS) is 19.3. The van der Waals surface area contributed by atoms with Crippen molar-refractivity contribution in [2.24, 2.45) is 0 Å². The van der Waals surface area contributed by atoms with Gasteiger partial charge in [-0.25, -0.2) is 0 Å². The monoisotopic (exact) mass is 266 g/mol. The van der Waals surface area contributed by atoms with E-state index in [2.05, 4.69) is 9.89 Å². The first-order valence-electron chi connectivity index (χ1n) is 6.42. The van der Waals surface area contributed by atoms with E-state index >= 15 is 0 Å². The highest BCUT2D eigenvalue weighted by molar-refractivity contribution is 5.95. The Bertz CT molecular complexity index is 469. The Kier molecular flexibility index (Phi) is 4.19. The van der Waals surface area contributed by atoms with Gasteiger partial charge in [-0.2, -0.15) is 0 Å². The summed E-state index contributed by atoms with van der Waals surface area (Å²) in [5.41, 5.74) is 0.469. The van der Waals surface area contributed by atoms with Gasteiger partial charge >= 0.3 is 5.97 Å². The Labute approximate surface area is 111 Å². The maximum Gasteiger partial charge on any atom is 0.307 e. The Hall–Kier alpha value is -1.85. The van der Waals surface area contributed by atoms with Crippen LogP contribution in [0.5, 0.6) is 0 Å². The van der Waals surface area contributed by atoms with Crippen LogP contribution in [0.15, 0.2) is 10.7 Å². The van der Waals surface area contributed by atoms with Crippen LogP contribution in [0.1, 0.15) is 41.8 Å². The van der Waals surface area contributed by atoms with E-state index in [4.69, 9.17) is 4.52 Å². The first-order valence-corrected chi connectivity index (χ1v) is 6.42. The van der Waals surface area contributed by atoms with Gasteiger partial charge in [0.05, 0.1) is 19.7 Å². The lowest BCUT2D eigenvalue weighted by Crippen LogP contribution is -2.45. The lowest BCUT2D eigenvalue weighted by Gasteiger charge is -2.35. The fourth-order valence-electron chi connectivity index (χ4n) is 2.41. The standard InChI is InChI=1S/C13H18N2O4/c1-9-11(8-14-19-9)13(17)15-6-4-3-5-10(15)7-12(16)18-2/h8,10H,3-7H2,1-2H3. The van der Waals surface area contributed by atoms with Gasteiger partial charge in [-0.15, -0.1) is 0 Å². The second-order valence-electron chi connectivity index (χ2n) is 4.72. The molecule has 19 heavy (non-hydrogen) atoms. The van der Waals surface area contributed by atoms with E-state index in [1.165, 1.54) is 13.3 Å². The number of esters is 1. The fourth-order valence-corrected chi connectivity index (χ4v) is 2.41. The minimum absolute atomic E-state index is 0.0944. The Morgan fingerprint density at radius 3 is 2.95 bits per heavy atom. The number of piperidine rings is 1. The molecule has 0 radical (unpaired) electrons. The molecule has 1 saturated heterocycles. The van der Waals surface area contributed by atoms with Crippen LogP contribution in [0, 0.1) is 6.92 Å². The number of hydrogen-bond donors (Lipinski definition) is 0. The topological polar surface area (TPSA) is 72.6 Å². The maximum absolute atomic E-state index is 12.4. The molecule has 0 saturated carbocycles. The van der Waals surface area contributed by atoms with Crippen LogP contribution < -0.4 is 0 Å². The van der Waals surface area contributed by atoms with Crippen molar-refractivity contribution in [2.75, 3.05) is 13.7 Å². The van der Waals surface area contributed by atoms with Gasteiger partial charge in [0.2, 0.25) is 0 Å². The van der Waals surface area contributed by atoms with E-state index in [1.54, 1.807) is 11.8 Å². The number of methoxy groups -OCH3 is 1. The highest BCUT2D eigenvalue weighted by Gasteiger charge is 2.31. The number of amides is 1. The molecule has 0 aliphatic carbocycles. The molecule has 1 aromatic rings. The van der Waals surface area contributed by atoms with Crippen molar-refractivity contribution >= 4 is 11.9 Å². The van der Waals surface area contributed by atoms with Crippen molar-refractivity contribution in [1.29, 1.82) is 0 Å². The second-order valence-corrected chi connectivity index (χ2v) is 4.72. The van der Waals surface area contributed by atoms with E-state index in [-0.39, 0.29) is 24.3 Å². The van der Waals surface area contributed by atoms with E-state index < -0.39 is 0 Å². The van der Waals surface area contributed by atoms with Crippen molar-refractivity contribution in [1.82, 2.24) is 10.1 Å². The summed E-state index contributed by atoms with van der Waals surface area (Å²) in [6, 6.07) is -0.0944. The molecule has 0 spiro atoms. The van der Waals surface area contributed by atoms with Crippen LogP contribution in [-0.4, -0.2) is 41.6 Å². The Morgan fingerprint density at radius 1 is 1.53 bits per heavy atom. The smallest absolute Gasteiger partial charge is 0.307 e. The molecule has 1 aliphatic rings. The van der Waals surface area contributed by atoms with E-state index in [1.807, 2.05) is 0 Å². The molecule has 1 amide bonds. The first-order chi connectivity index (χ1) is 9.13. The fraction of sp³-hybridized carbons (Fsp3) is 0.615. The molecule has 6 heteroatoms. The minimum atomic E-state index is -0.285. The van der Waals surface area contributed by atoms with E-state index in [0.717, 1.165) is 19.3 Å². The van der Waals surface area contributed by atoms with Gasteiger partial charge < -0.3 is 14.2 Å². The van der Waals surface area contributed by atoms with E-state index in [0.29, 0.717) is 17.9 Å². The van der Waals surface area contributed by atoms with Crippen molar-refractivity contribution in [3.8, 4) is 0 Å². The molecule has 0 N–H and O–H groups in total. The van der Waals surface area contributed by atoms with Gasteiger partial charge in [-0.3, -0.25) is 9.59 Å². The van der Waals surface area contributed by atoms with E-state index in [9.17, 15) is 9.59 Å². The highest BCUT2D eigenvalue weighted by Crippen LogP contribution is 2.23. The zero-order valence-corrected chi connectivity index (χ0v) is 11.2. The lowest BCUT2D eigenvalue weighted by molar-refractivity contribution is -0.142. The number of carbonyl (C=O) groups excluding carboxylic acids is 2. The van der Waals surface area contributed by atoms with Crippen molar-refractivity contribution < 1.29 is 18.8 Å². The number of nitrogens with zero attached hydrogens (tertiary/aromatic N) is 2. The van der Waals surface area contributed by atoms with Crippen LogP contribution in [0.3, 0.4) is 0 Å². The molecule has 1 aromatic heterocycles. The summed E-state index contributed by atoms with van der Waals surface area (Å²) in [6.45, 7) is 2.37. The molecule has 104 valence electrons. The quantitative estimate of drug-likeness (QED) is 0.776. The zero-order valence-electron chi connectivity index (χ0n) is 11.2. The molecule has 1 fully saturated rings. The van der Waals surface area contributed by atoms with Crippen LogP contribution in [0.2, 0.25) is 0 Å². The van der Waals surface area contributed by atoms with Crippen molar-refractivity contribution in [3.63, 3.8) is 0 Å². The molecule has 1 aliphatic heterocycles. The van der Waals surface area contributed by atoms with Gasteiger partial charge in [-0.1, -0.05) is 5.16 Å². The number of ether oxygens (including phenoxy) is 1. The summed E-state index contributed by atoms with van der Waals surface area (Å²) in [6.07, 6.45) is 4.47. The number of likely N-dealkylation sites (tertiary alicyclic amines) is 1. The summed E-state index contributed by atoms with van der Waals surface area (Å²) in [7, 11) is 1.36. The largest absolute Gasteiger partial charge is 0.469 e. The van der Waals surface area contributed by atoms with Crippen molar-refractivity contribution in [2.45, 2.75) is 38.6 Å². The van der Waals surface area contributed by atoms with Crippen molar-refractivity contribution in [3.05, 3.63) is 17.5 Å². The molecule has 2 rings (SSSR count). The maximum atomic E-state index is 12.4. The third-order valence-electron chi connectivity index (χ3n) is 3.50. The predicted octanol–water partition coefficient (Wildman–Crippen LogP) is 1.54. The summed E-state index contributed by atoms with van der Waals surface area (Å²) in [4.78, 5) is 25.6. The van der Waals surface area contributed by atoms with Gasteiger partial charge in [-0.05, 0) is 26.2 Å². The number of aromatic nitrogens is 1. The van der Waals surface area contributed by atoms with Crippen LogP contribution in [0.4, 0.5) is 0 Å². The molecule has 2 heterocycles. The van der Waals surface area contributed by atoms with Gasteiger partial charge in [0.15, 0.2) is 0 Å². The molecular weight excluding hydrogens is 248 g/mol. The number of rotatable bonds is 3. The Morgan fingerprint density at radius 2 is 2.32 bits per heavy atom. The lowest BCUT2D eigenvalue weighted by atomic mass is 9.98. The molecule has 0 bridgehead atoms. The molecule has 6 nitrogen and oxygen atoms in total. The van der Waals surface area contributed by atoms with Gasteiger partial charge in [0.1, 0.15) is 11.3 Å². The minimum Gasteiger partial charge on any atom is -0.469 e. The summed E-state index contributed by atoms with van der Waals surface area (Å²) >= 11 is 0. The molecule has 1 atom stereocenters.